The third kappa shape index (κ3) is 4.03. The van der Waals surface area contributed by atoms with Crippen molar-refractivity contribution >= 4 is 0 Å². The van der Waals surface area contributed by atoms with Crippen LogP contribution in [-0.4, -0.2) is 9.97 Å². The maximum Gasteiger partial charge on any atom is 0.0434 e. The van der Waals surface area contributed by atoms with E-state index in [1.165, 1.54) is 35.4 Å². The van der Waals surface area contributed by atoms with E-state index in [9.17, 15) is 0 Å². The summed E-state index contributed by atoms with van der Waals surface area (Å²) in [7, 11) is 0. The van der Waals surface area contributed by atoms with Gasteiger partial charge in [0.2, 0.25) is 0 Å². The molecule has 3 rings (SSSR count). The summed E-state index contributed by atoms with van der Waals surface area (Å²) in [4.78, 5) is 9.27. The second-order valence-electron chi connectivity index (χ2n) is 8.92. The van der Waals surface area contributed by atoms with Gasteiger partial charge in [-0.3, -0.25) is 9.97 Å². The molecule has 0 bridgehead atoms. The second-order valence-corrected chi connectivity index (χ2v) is 8.92. The van der Waals surface area contributed by atoms with E-state index in [2.05, 4.69) is 70.1 Å². The summed E-state index contributed by atoms with van der Waals surface area (Å²) in [6.45, 7) is 11.4. The molecular formula is C22H30N2. The van der Waals surface area contributed by atoms with Gasteiger partial charge >= 0.3 is 0 Å². The first-order valence-electron chi connectivity index (χ1n) is 9.17. The average Bonchev–Trinajstić information content (AvgIpc) is 3.38. The molecule has 0 atom stereocenters. The van der Waals surface area contributed by atoms with Gasteiger partial charge in [-0.25, -0.2) is 0 Å². The standard InChI is InChI=1S/C22H30N2/c1-21(2,3)17-11-13-23-19(14-17)10-12-22(4,5)18-8-9-20(24-15-18)16-6-7-16/h8-9,11,13-16H,6-7,10,12H2,1-5H3. The van der Waals surface area contributed by atoms with Crippen molar-refractivity contribution in [2.75, 3.05) is 0 Å². The number of hydrogen-bond acceptors (Lipinski definition) is 2. The van der Waals surface area contributed by atoms with Crippen molar-refractivity contribution in [3.63, 3.8) is 0 Å². The van der Waals surface area contributed by atoms with Crippen LogP contribution < -0.4 is 0 Å². The highest BCUT2D eigenvalue weighted by molar-refractivity contribution is 5.27. The van der Waals surface area contributed by atoms with Crippen LogP contribution in [0.5, 0.6) is 0 Å². The van der Waals surface area contributed by atoms with Gasteiger partial charge in [-0.1, -0.05) is 40.7 Å². The Labute approximate surface area is 146 Å². The molecule has 0 saturated heterocycles. The van der Waals surface area contributed by atoms with Crippen molar-refractivity contribution < 1.29 is 0 Å². The number of pyridine rings is 2. The molecule has 0 N–H and O–H groups in total. The number of aromatic nitrogens is 2. The van der Waals surface area contributed by atoms with E-state index in [0.29, 0.717) is 0 Å². The minimum atomic E-state index is 0.120. The molecule has 1 fully saturated rings. The predicted molar refractivity (Wildman–Crippen MR) is 100 cm³/mol. The van der Waals surface area contributed by atoms with Crippen LogP contribution in [0.4, 0.5) is 0 Å². The van der Waals surface area contributed by atoms with Crippen molar-refractivity contribution in [2.24, 2.45) is 0 Å². The van der Waals surface area contributed by atoms with Gasteiger partial charge in [-0.2, -0.15) is 0 Å². The molecule has 0 radical (unpaired) electrons. The van der Waals surface area contributed by atoms with Crippen LogP contribution in [0.15, 0.2) is 36.7 Å². The zero-order valence-corrected chi connectivity index (χ0v) is 15.8. The first kappa shape index (κ1) is 17.1. The lowest BCUT2D eigenvalue weighted by atomic mass is 9.80. The first-order chi connectivity index (χ1) is 11.3. The molecule has 2 nitrogen and oxygen atoms in total. The third-order valence-corrected chi connectivity index (χ3v) is 5.25. The van der Waals surface area contributed by atoms with Crippen LogP contribution in [0, 0.1) is 0 Å². The highest BCUT2D eigenvalue weighted by atomic mass is 14.7. The van der Waals surface area contributed by atoms with Crippen molar-refractivity contribution in [3.8, 4) is 0 Å². The number of nitrogens with zero attached hydrogens (tertiary/aromatic N) is 2. The Morgan fingerprint density at radius 1 is 0.958 bits per heavy atom. The molecule has 0 unspecified atom stereocenters. The van der Waals surface area contributed by atoms with E-state index in [-0.39, 0.29) is 10.8 Å². The van der Waals surface area contributed by atoms with Crippen LogP contribution in [0.3, 0.4) is 0 Å². The molecule has 2 aromatic rings. The summed E-state index contributed by atoms with van der Waals surface area (Å²) < 4.78 is 0. The maximum absolute atomic E-state index is 4.69. The van der Waals surface area contributed by atoms with Gasteiger partial charge in [0.05, 0.1) is 0 Å². The van der Waals surface area contributed by atoms with Gasteiger partial charge in [0.25, 0.3) is 0 Å². The molecule has 24 heavy (non-hydrogen) atoms. The predicted octanol–water partition coefficient (Wildman–Crippen LogP) is 5.56. The molecule has 1 aliphatic carbocycles. The third-order valence-electron chi connectivity index (χ3n) is 5.25. The van der Waals surface area contributed by atoms with Gasteiger partial charge in [0.15, 0.2) is 0 Å². The van der Waals surface area contributed by atoms with Crippen molar-refractivity contribution in [1.29, 1.82) is 0 Å². The second kappa shape index (κ2) is 6.31. The van der Waals surface area contributed by atoms with E-state index in [4.69, 9.17) is 4.98 Å². The molecule has 0 aliphatic heterocycles. The Kier molecular flexibility index (Phi) is 4.50. The number of hydrogen-bond donors (Lipinski definition) is 0. The minimum absolute atomic E-state index is 0.120. The summed E-state index contributed by atoms with van der Waals surface area (Å²) in [5, 5.41) is 0. The van der Waals surface area contributed by atoms with E-state index in [1.807, 2.05) is 6.20 Å². The molecule has 2 heterocycles. The van der Waals surface area contributed by atoms with E-state index in [1.54, 1.807) is 0 Å². The van der Waals surface area contributed by atoms with Gasteiger partial charge in [-0.05, 0) is 65.8 Å². The van der Waals surface area contributed by atoms with Crippen LogP contribution in [0.1, 0.15) is 82.3 Å². The number of rotatable bonds is 5. The summed E-state index contributed by atoms with van der Waals surface area (Å²) in [5.74, 6) is 0.728. The fourth-order valence-corrected chi connectivity index (χ4v) is 3.09. The van der Waals surface area contributed by atoms with E-state index >= 15 is 0 Å². The topological polar surface area (TPSA) is 25.8 Å². The molecule has 0 amide bonds. The van der Waals surface area contributed by atoms with Crippen molar-refractivity contribution in [2.45, 2.75) is 77.0 Å². The molecule has 1 aliphatic rings. The van der Waals surface area contributed by atoms with Gasteiger partial charge in [-0.15, -0.1) is 0 Å². The molecule has 128 valence electrons. The Bertz CT molecular complexity index is 689. The zero-order chi connectivity index (χ0) is 17.4. The SMILES string of the molecule is CC(C)(C)c1ccnc(CCC(C)(C)c2ccc(C3CC3)nc2)c1. The summed E-state index contributed by atoms with van der Waals surface area (Å²) in [6.07, 6.45) is 8.75. The van der Waals surface area contributed by atoms with Crippen molar-refractivity contribution in [3.05, 3.63) is 59.2 Å². The Hall–Kier alpha value is -1.70. The fraction of sp³-hybridized carbons (Fsp3) is 0.545. The van der Waals surface area contributed by atoms with Crippen molar-refractivity contribution in [1.82, 2.24) is 9.97 Å². The molecule has 2 aromatic heterocycles. The lowest BCUT2D eigenvalue weighted by Crippen LogP contribution is -2.19. The smallest absolute Gasteiger partial charge is 0.0434 e. The first-order valence-corrected chi connectivity index (χ1v) is 9.17. The highest BCUT2D eigenvalue weighted by Crippen LogP contribution is 2.39. The Morgan fingerprint density at radius 3 is 2.29 bits per heavy atom. The average molecular weight is 322 g/mol. The Morgan fingerprint density at radius 2 is 1.71 bits per heavy atom. The van der Waals surface area contributed by atoms with E-state index < -0.39 is 0 Å². The molecule has 1 saturated carbocycles. The van der Waals surface area contributed by atoms with Gasteiger partial charge < -0.3 is 0 Å². The van der Waals surface area contributed by atoms with E-state index in [0.717, 1.165) is 18.8 Å². The summed E-state index contributed by atoms with van der Waals surface area (Å²) >= 11 is 0. The van der Waals surface area contributed by atoms with Crippen LogP contribution in [0.2, 0.25) is 0 Å². The highest BCUT2D eigenvalue weighted by Gasteiger charge is 2.26. The summed E-state index contributed by atoms with van der Waals surface area (Å²) in [5.41, 5.74) is 5.45. The summed E-state index contributed by atoms with van der Waals surface area (Å²) in [6, 6.07) is 8.91. The molecular weight excluding hydrogens is 292 g/mol. The van der Waals surface area contributed by atoms with Crippen LogP contribution in [0.25, 0.3) is 0 Å². The molecule has 0 spiro atoms. The monoisotopic (exact) mass is 322 g/mol. The maximum atomic E-state index is 4.69. The van der Waals surface area contributed by atoms with Crippen LogP contribution in [-0.2, 0) is 17.3 Å². The van der Waals surface area contributed by atoms with Gasteiger partial charge in [0.1, 0.15) is 0 Å². The lowest BCUT2D eigenvalue weighted by Gasteiger charge is -2.25. The minimum Gasteiger partial charge on any atom is -0.261 e. The Balaban J connectivity index is 1.68. The molecule has 2 heteroatoms. The zero-order valence-electron chi connectivity index (χ0n) is 15.8. The largest absolute Gasteiger partial charge is 0.261 e. The quantitative estimate of drug-likeness (QED) is 0.720. The normalized spacial score (nSPS) is 15.5. The number of aryl methyl sites for hydroxylation is 1. The van der Waals surface area contributed by atoms with Gasteiger partial charge in [0, 0.05) is 29.7 Å². The van der Waals surface area contributed by atoms with Crippen LogP contribution >= 0.6 is 0 Å². The fourth-order valence-electron chi connectivity index (χ4n) is 3.09. The lowest BCUT2D eigenvalue weighted by molar-refractivity contribution is 0.474. The molecule has 0 aromatic carbocycles.